The van der Waals surface area contributed by atoms with Gasteiger partial charge in [-0.05, 0) is 44.1 Å². The Balaban J connectivity index is 2.01. The number of carbonyl (C=O) groups excluding carboxylic acids is 1. The molecule has 2 nitrogen and oxygen atoms in total. The third-order valence-electron chi connectivity index (χ3n) is 4.65. The Morgan fingerprint density at radius 2 is 2.19 bits per heavy atom. The van der Waals surface area contributed by atoms with Gasteiger partial charge in [0.2, 0.25) is 0 Å². The van der Waals surface area contributed by atoms with Crippen LogP contribution in [0.5, 0.6) is 0 Å². The standard InChI is InChI=1S/C14H25NO/c1-3-5-11-6-4-7-12-9-15-14(10(2)16)8-13(11)12/h11-15H,3-9H2,1-2H3/t11?,12-,13-,14+/m1/s1. The number of nitrogens with one attached hydrogen (secondary N) is 1. The van der Waals surface area contributed by atoms with Crippen LogP contribution >= 0.6 is 0 Å². The first-order valence-corrected chi connectivity index (χ1v) is 6.96. The number of piperidine rings is 1. The van der Waals surface area contributed by atoms with Crippen LogP contribution in [0.1, 0.15) is 52.4 Å². The molecule has 0 bridgehead atoms. The van der Waals surface area contributed by atoms with Crippen LogP contribution in [0.15, 0.2) is 0 Å². The molecule has 0 spiro atoms. The van der Waals surface area contributed by atoms with Crippen LogP contribution < -0.4 is 5.32 Å². The maximum atomic E-state index is 11.5. The number of carbonyl (C=O) groups is 1. The third kappa shape index (κ3) is 2.48. The lowest BCUT2D eigenvalue weighted by atomic mass is 9.66. The molecule has 2 heteroatoms. The predicted octanol–water partition coefficient (Wildman–Crippen LogP) is 2.77. The Kier molecular flexibility index (Phi) is 4.01. The second kappa shape index (κ2) is 5.31. The van der Waals surface area contributed by atoms with Crippen molar-refractivity contribution in [3.8, 4) is 0 Å². The van der Waals surface area contributed by atoms with Crippen molar-refractivity contribution in [3.63, 3.8) is 0 Å². The second-order valence-corrected chi connectivity index (χ2v) is 5.71. The number of hydrogen-bond acceptors (Lipinski definition) is 2. The molecule has 0 aromatic rings. The van der Waals surface area contributed by atoms with Crippen molar-refractivity contribution in [2.75, 3.05) is 6.54 Å². The molecule has 1 aliphatic carbocycles. The largest absolute Gasteiger partial charge is 0.307 e. The Bertz CT molecular complexity index is 249. The van der Waals surface area contributed by atoms with E-state index in [0.29, 0.717) is 5.78 Å². The molecule has 1 heterocycles. The average molecular weight is 223 g/mol. The van der Waals surface area contributed by atoms with E-state index in [1.54, 1.807) is 6.92 Å². The van der Waals surface area contributed by atoms with Crippen molar-refractivity contribution in [1.82, 2.24) is 5.32 Å². The van der Waals surface area contributed by atoms with E-state index >= 15 is 0 Å². The maximum absolute atomic E-state index is 11.5. The van der Waals surface area contributed by atoms with Gasteiger partial charge in [-0.25, -0.2) is 0 Å². The summed E-state index contributed by atoms with van der Waals surface area (Å²) in [5, 5.41) is 3.43. The molecule has 2 aliphatic rings. The van der Waals surface area contributed by atoms with Gasteiger partial charge in [0.1, 0.15) is 5.78 Å². The van der Waals surface area contributed by atoms with E-state index in [1.165, 1.54) is 32.1 Å². The molecule has 0 aromatic heterocycles. The number of rotatable bonds is 3. The quantitative estimate of drug-likeness (QED) is 0.797. The smallest absolute Gasteiger partial charge is 0.146 e. The fourth-order valence-electron chi connectivity index (χ4n) is 3.78. The summed E-state index contributed by atoms with van der Waals surface area (Å²) in [6.07, 6.45) is 7.95. The summed E-state index contributed by atoms with van der Waals surface area (Å²) in [6.45, 7) is 5.10. The molecule has 0 aromatic carbocycles. The summed E-state index contributed by atoms with van der Waals surface area (Å²) in [7, 11) is 0. The minimum Gasteiger partial charge on any atom is -0.307 e. The number of fused-ring (bicyclic) bond motifs is 1. The van der Waals surface area contributed by atoms with Gasteiger partial charge in [0.25, 0.3) is 0 Å². The van der Waals surface area contributed by atoms with Gasteiger partial charge in [0.15, 0.2) is 0 Å². The van der Waals surface area contributed by atoms with Gasteiger partial charge in [0, 0.05) is 0 Å². The molecule has 16 heavy (non-hydrogen) atoms. The highest BCUT2D eigenvalue weighted by Gasteiger charge is 2.38. The van der Waals surface area contributed by atoms with Gasteiger partial charge in [-0.15, -0.1) is 0 Å². The zero-order valence-corrected chi connectivity index (χ0v) is 10.7. The maximum Gasteiger partial charge on any atom is 0.146 e. The van der Waals surface area contributed by atoms with Gasteiger partial charge in [0.05, 0.1) is 6.04 Å². The van der Waals surface area contributed by atoms with Crippen molar-refractivity contribution in [1.29, 1.82) is 0 Å². The highest BCUT2D eigenvalue weighted by atomic mass is 16.1. The topological polar surface area (TPSA) is 29.1 Å². The summed E-state index contributed by atoms with van der Waals surface area (Å²) >= 11 is 0. The van der Waals surface area contributed by atoms with Crippen LogP contribution in [0.25, 0.3) is 0 Å². The van der Waals surface area contributed by atoms with Gasteiger partial charge in [-0.3, -0.25) is 4.79 Å². The molecule has 1 saturated carbocycles. The molecule has 1 unspecified atom stereocenters. The van der Waals surface area contributed by atoms with E-state index in [0.717, 1.165) is 30.7 Å². The van der Waals surface area contributed by atoms with E-state index in [4.69, 9.17) is 0 Å². The van der Waals surface area contributed by atoms with Gasteiger partial charge in [-0.1, -0.05) is 32.6 Å². The van der Waals surface area contributed by atoms with Crippen molar-refractivity contribution >= 4 is 5.78 Å². The fraction of sp³-hybridized carbons (Fsp3) is 0.929. The summed E-state index contributed by atoms with van der Waals surface area (Å²) in [5.74, 6) is 2.90. The lowest BCUT2D eigenvalue weighted by Gasteiger charge is -2.44. The summed E-state index contributed by atoms with van der Waals surface area (Å²) < 4.78 is 0. The number of hydrogen-bond donors (Lipinski definition) is 1. The zero-order valence-electron chi connectivity index (χ0n) is 10.7. The van der Waals surface area contributed by atoms with E-state index < -0.39 is 0 Å². The normalized spacial score (nSPS) is 39.1. The molecule has 2 fully saturated rings. The molecule has 0 radical (unpaired) electrons. The number of Topliss-reactive ketones (excluding diaryl/α,β-unsaturated/α-hetero) is 1. The summed E-state index contributed by atoms with van der Waals surface area (Å²) in [5.41, 5.74) is 0. The fourth-order valence-corrected chi connectivity index (χ4v) is 3.78. The predicted molar refractivity (Wildman–Crippen MR) is 66.3 cm³/mol. The van der Waals surface area contributed by atoms with Crippen LogP contribution in [0, 0.1) is 17.8 Å². The zero-order chi connectivity index (χ0) is 11.5. The van der Waals surface area contributed by atoms with Crippen LogP contribution in [-0.2, 0) is 4.79 Å². The van der Waals surface area contributed by atoms with Crippen LogP contribution in [0.4, 0.5) is 0 Å². The molecule has 92 valence electrons. The summed E-state index contributed by atoms with van der Waals surface area (Å²) in [6, 6.07) is 0.152. The second-order valence-electron chi connectivity index (χ2n) is 5.71. The number of ketones is 1. The SMILES string of the molecule is CCCC1CCC[C@@H]2CN[C@H](C(C)=O)C[C@H]12. The molecular weight excluding hydrogens is 198 g/mol. The molecule has 4 atom stereocenters. The van der Waals surface area contributed by atoms with Gasteiger partial charge < -0.3 is 5.32 Å². The van der Waals surface area contributed by atoms with Crippen molar-refractivity contribution in [2.24, 2.45) is 17.8 Å². The highest BCUT2D eigenvalue weighted by molar-refractivity contribution is 5.81. The molecule has 2 rings (SSSR count). The Labute approximate surface area is 99.2 Å². The first-order valence-electron chi connectivity index (χ1n) is 6.96. The third-order valence-corrected chi connectivity index (χ3v) is 4.65. The van der Waals surface area contributed by atoms with E-state index in [9.17, 15) is 4.79 Å². The van der Waals surface area contributed by atoms with Crippen LogP contribution in [0.2, 0.25) is 0 Å². The first kappa shape index (κ1) is 12.1. The van der Waals surface area contributed by atoms with Crippen LogP contribution in [0.3, 0.4) is 0 Å². The van der Waals surface area contributed by atoms with E-state index in [-0.39, 0.29) is 6.04 Å². The monoisotopic (exact) mass is 223 g/mol. The average Bonchev–Trinajstić information content (AvgIpc) is 2.29. The Hall–Kier alpha value is -0.370. The van der Waals surface area contributed by atoms with Crippen molar-refractivity contribution in [3.05, 3.63) is 0 Å². The highest BCUT2D eigenvalue weighted by Crippen LogP contribution is 2.41. The van der Waals surface area contributed by atoms with Crippen LogP contribution in [-0.4, -0.2) is 18.4 Å². The Morgan fingerprint density at radius 3 is 2.88 bits per heavy atom. The Morgan fingerprint density at radius 1 is 1.38 bits per heavy atom. The first-order chi connectivity index (χ1) is 7.72. The minimum absolute atomic E-state index is 0.152. The van der Waals surface area contributed by atoms with Crippen molar-refractivity contribution < 1.29 is 4.79 Å². The molecule has 1 aliphatic heterocycles. The lowest BCUT2D eigenvalue weighted by Crippen LogP contribution is -2.50. The van der Waals surface area contributed by atoms with Crippen molar-refractivity contribution in [2.45, 2.75) is 58.4 Å². The van der Waals surface area contributed by atoms with Gasteiger partial charge in [-0.2, -0.15) is 0 Å². The van der Waals surface area contributed by atoms with Gasteiger partial charge >= 0.3 is 0 Å². The summed E-state index contributed by atoms with van der Waals surface area (Å²) in [4.78, 5) is 11.5. The van der Waals surface area contributed by atoms with E-state index in [1.807, 2.05) is 0 Å². The minimum atomic E-state index is 0.152. The molecular formula is C14H25NO. The lowest BCUT2D eigenvalue weighted by molar-refractivity contribution is -0.120. The molecule has 1 saturated heterocycles. The molecule has 1 N–H and O–H groups in total. The molecule has 0 amide bonds. The van der Waals surface area contributed by atoms with E-state index in [2.05, 4.69) is 12.2 Å².